The minimum atomic E-state index is -0.00264. The van der Waals surface area contributed by atoms with Crippen molar-refractivity contribution in [1.82, 2.24) is 5.32 Å². The Labute approximate surface area is 119 Å². The summed E-state index contributed by atoms with van der Waals surface area (Å²) in [5.41, 5.74) is 1.97. The van der Waals surface area contributed by atoms with E-state index in [2.05, 4.69) is 5.32 Å². The van der Waals surface area contributed by atoms with Crippen LogP contribution >= 0.6 is 0 Å². The molecule has 3 rings (SSSR count). The Bertz CT molecular complexity index is 533. The Kier molecular flexibility index (Phi) is 3.32. The van der Waals surface area contributed by atoms with Crippen LogP contribution in [0, 0.1) is 0 Å². The maximum Gasteiger partial charge on any atom is 0.251 e. The van der Waals surface area contributed by atoms with E-state index in [1.54, 1.807) is 14.2 Å². The van der Waals surface area contributed by atoms with E-state index >= 15 is 0 Å². The summed E-state index contributed by atoms with van der Waals surface area (Å²) >= 11 is 0. The molecular formula is C16H21NO3. The number of rotatable bonds is 2. The fraction of sp³-hybridized carbons (Fsp3) is 0.562. The van der Waals surface area contributed by atoms with Crippen molar-refractivity contribution in [2.24, 2.45) is 0 Å². The third-order valence-corrected chi connectivity index (χ3v) is 4.74. The van der Waals surface area contributed by atoms with Gasteiger partial charge in [0.2, 0.25) is 0 Å². The van der Waals surface area contributed by atoms with Gasteiger partial charge in [-0.15, -0.1) is 0 Å². The average Bonchev–Trinajstić information content (AvgIpc) is 2.51. The molecule has 20 heavy (non-hydrogen) atoms. The van der Waals surface area contributed by atoms with Gasteiger partial charge in [0.05, 0.1) is 14.2 Å². The second kappa shape index (κ2) is 5.00. The molecule has 1 aromatic carbocycles. The highest BCUT2D eigenvalue weighted by atomic mass is 16.5. The molecule has 4 heteroatoms. The summed E-state index contributed by atoms with van der Waals surface area (Å²) in [6.45, 7) is 0.744. The third-order valence-electron chi connectivity index (χ3n) is 4.74. The molecule has 0 unspecified atom stereocenters. The first-order valence-corrected chi connectivity index (χ1v) is 7.25. The first kappa shape index (κ1) is 13.3. The Morgan fingerprint density at radius 2 is 1.70 bits per heavy atom. The first-order chi connectivity index (χ1) is 9.70. The Balaban J connectivity index is 2.14. The van der Waals surface area contributed by atoms with Crippen molar-refractivity contribution >= 4 is 5.91 Å². The Morgan fingerprint density at radius 1 is 1.05 bits per heavy atom. The minimum Gasteiger partial charge on any atom is -0.493 e. The third kappa shape index (κ3) is 1.94. The molecule has 0 saturated heterocycles. The van der Waals surface area contributed by atoms with Crippen LogP contribution in [-0.4, -0.2) is 26.7 Å². The lowest BCUT2D eigenvalue weighted by atomic mass is 9.66. The molecule has 1 aliphatic carbocycles. The number of carbonyl (C=O) groups excluding carboxylic acids is 1. The largest absolute Gasteiger partial charge is 0.493 e. The number of ether oxygens (including phenoxy) is 2. The van der Waals surface area contributed by atoms with Crippen LogP contribution in [0.1, 0.15) is 48.0 Å². The zero-order valence-corrected chi connectivity index (χ0v) is 12.1. The molecule has 0 atom stereocenters. The smallest absolute Gasteiger partial charge is 0.251 e. The molecule has 0 bridgehead atoms. The van der Waals surface area contributed by atoms with Crippen molar-refractivity contribution in [1.29, 1.82) is 0 Å². The number of hydrogen-bond donors (Lipinski definition) is 1. The van der Waals surface area contributed by atoms with Crippen LogP contribution in [-0.2, 0) is 5.41 Å². The van der Waals surface area contributed by atoms with E-state index < -0.39 is 0 Å². The summed E-state index contributed by atoms with van der Waals surface area (Å²) in [5, 5.41) is 3.05. The van der Waals surface area contributed by atoms with E-state index in [0.717, 1.165) is 30.5 Å². The van der Waals surface area contributed by atoms with Crippen molar-refractivity contribution in [3.05, 3.63) is 23.3 Å². The summed E-state index contributed by atoms with van der Waals surface area (Å²) < 4.78 is 10.7. The normalized spacial score (nSPS) is 20.2. The lowest BCUT2D eigenvalue weighted by Gasteiger charge is -2.42. The van der Waals surface area contributed by atoms with Crippen LogP contribution in [0.4, 0.5) is 0 Å². The number of amides is 1. The highest BCUT2D eigenvalue weighted by Gasteiger charge is 2.41. The highest BCUT2D eigenvalue weighted by Crippen LogP contribution is 2.45. The quantitative estimate of drug-likeness (QED) is 0.902. The summed E-state index contributed by atoms with van der Waals surface area (Å²) in [6, 6.07) is 3.83. The van der Waals surface area contributed by atoms with Gasteiger partial charge in [-0.1, -0.05) is 19.3 Å². The van der Waals surface area contributed by atoms with Gasteiger partial charge >= 0.3 is 0 Å². The zero-order valence-electron chi connectivity index (χ0n) is 12.1. The van der Waals surface area contributed by atoms with E-state index in [1.807, 2.05) is 12.1 Å². The van der Waals surface area contributed by atoms with E-state index in [4.69, 9.17) is 9.47 Å². The molecule has 1 spiro atoms. The SMILES string of the molecule is COc1cc2c(cc1OC)C1(CCCCC1)CNC2=O. The standard InChI is InChI=1S/C16H21NO3/c1-19-13-8-11-12(9-14(13)20-2)16(10-17-15(11)18)6-4-3-5-7-16/h8-9H,3-7,10H2,1-2H3,(H,17,18). The average molecular weight is 275 g/mol. The van der Waals surface area contributed by atoms with E-state index in [1.165, 1.54) is 19.3 Å². The molecule has 1 aliphatic heterocycles. The van der Waals surface area contributed by atoms with Crippen molar-refractivity contribution < 1.29 is 14.3 Å². The second-order valence-electron chi connectivity index (χ2n) is 5.78. The van der Waals surface area contributed by atoms with Gasteiger partial charge in [0, 0.05) is 17.5 Å². The molecule has 1 fully saturated rings. The van der Waals surface area contributed by atoms with Gasteiger partial charge in [-0.2, -0.15) is 0 Å². The molecule has 1 saturated carbocycles. The number of methoxy groups -OCH3 is 2. The van der Waals surface area contributed by atoms with Gasteiger partial charge in [0.25, 0.3) is 5.91 Å². The maximum absolute atomic E-state index is 12.2. The summed E-state index contributed by atoms with van der Waals surface area (Å²) in [6.07, 6.45) is 6.01. The van der Waals surface area contributed by atoms with Gasteiger partial charge < -0.3 is 14.8 Å². The lowest BCUT2D eigenvalue weighted by Crippen LogP contribution is -2.47. The highest BCUT2D eigenvalue weighted by molar-refractivity contribution is 5.98. The molecule has 1 amide bonds. The van der Waals surface area contributed by atoms with Crippen LogP contribution in [0.25, 0.3) is 0 Å². The number of nitrogens with one attached hydrogen (secondary N) is 1. The van der Waals surface area contributed by atoms with Crippen molar-refractivity contribution in [3.63, 3.8) is 0 Å². The van der Waals surface area contributed by atoms with Crippen LogP contribution in [0.3, 0.4) is 0 Å². The van der Waals surface area contributed by atoms with Crippen molar-refractivity contribution in [2.75, 3.05) is 20.8 Å². The molecular weight excluding hydrogens is 254 g/mol. The predicted octanol–water partition coefficient (Wildman–Crippen LogP) is 2.65. The molecule has 0 radical (unpaired) electrons. The summed E-state index contributed by atoms with van der Waals surface area (Å²) in [5.74, 6) is 1.33. The monoisotopic (exact) mass is 275 g/mol. The fourth-order valence-electron chi connectivity index (χ4n) is 3.62. The Morgan fingerprint density at radius 3 is 2.35 bits per heavy atom. The van der Waals surface area contributed by atoms with E-state index in [0.29, 0.717) is 11.5 Å². The van der Waals surface area contributed by atoms with Crippen molar-refractivity contribution in [3.8, 4) is 11.5 Å². The number of carbonyl (C=O) groups is 1. The van der Waals surface area contributed by atoms with Gasteiger partial charge in [0.15, 0.2) is 11.5 Å². The topological polar surface area (TPSA) is 47.6 Å². The molecule has 0 aromatic heterocycles. The molecule has 2 aliphatic rings. The summed E-state index contributed by atoms with van der Waals surface area (Å²) in [4.78, 5) is 12.2. The van der Waals surface area contributed by atoms with Gasteiger partial charge in [-0.05, 0) is 30.5 Å². The maximum atomic E-state index is 12.2. The molecule has 108 valence electrons. The second-order valence-corrected chi connectivity index (χ2v) is 5.78. The fourth-order valence-corrected chi connectivity index (χ4v) is 3.62. The van der Waals surface area contributed by atoms with Crippen molar-refractivity contribution in [2.45, 2.75) is 37.5 Å². The van der Waals surface area contributed by atoms with Gasteiger partial charge in [0.1, 0.15) is 0 Å². The molecule has 1 N–H and O–H groups in total. The van der Waals surface area contributed by atoms with E-state index in [9.17, 15) is 4.79 Å². The minimum absolute atomic E-state index is 0.00264. The van der Waals surface area contributed by atoms with Crippen LogP contribution in [0.2, 0.25) is 0 Å². The number of fused-ring (bicyclic) bond motifs is 2. The first-order valence-electron chi connectivity index (χ1n) is 7.25. The number of benzene rings is 1. The van der Waals surface area contributed by atoms with Crippen LogP contribution in [0.15, 0.2) is 12.1 Å². The molecule has 1 aromatic rings. The Hall–Kier alpha value is -1.71. The van der Waals surface area contributed by atoms with Crippen LogP contribution < -0.4 is 14.8 Å². The molecule has 1 heterocycles. The number of hydrogen-bond acceptors (Lipinski definition) is 3. The van der Waals surface area contributed by atoms with E-state index in [-0.39, 0.29) is 11.3 Å². The predicted molar refractivity (Wildman–Crippen MR) is 76.6 cm³/mol. The van der Waals surface area contributed by atoms with Gasteiger partial charge in [-0.25, -0.2) is 0 Å². The van der Waals surface area contributed by atoms with Crippen LogP contribution in [0.5, 0.6) is 11.5 Å². The molecule has 4 nitrogen and oxygen atoms in total. The summed E-state index contributed by atoms with van der Waals surface area (Å²) in [7, 11) is 3.24. The lowest BCUT2D eigenvalue weighted by molar-refractivity contribution is 0.0911. The van der Waals surface area contributed by atoms with Gasteiger partial charge in [-0.3, -0.25) is 4.79 Å². The zero-order chi connectivity index (χ0) is 14.2.